The van der Waals surface area contributed by atoms with Crippen molar-refractivity contribution in [3.05, 3.63) is 11.4 Å². The quantitative estimate of drug-likeness (QED) is 0.871. The minimum Gasteiger partial charge on any atom is -0.342 e. The number of aromatic nitrogens is 3. The Morgan fingerprint density at radius 2 is 1.79 bits per heavy atom. The van der Waals surface area contributed by atoms with Crippen molar-refractivity contribution in [2.75, 3.05) is 31.6 Å². The van der Waals surface area contributed by atoms with E-state index in [1.54, 1.807) is 0 Å². The van der Waals surface area contributed by atoms with Crippen molar-refractivity contribution >= 4 is 5.95 Å². The van der Waals surface area contributed by atoms with E-state index in [0.717, 1.165) is 55.7 Å². The molecule has 0 saturated carbocycles. The fourth-order valence-electron chi connectivity index (χ4n) is 2.62. The van der Waals surface area contributed by atoms with Crippen LogP contribution in [0.3, 0.4) is 0 Å². The molecule has 2 rings (SSSR count). The molecule has 0 radical (unpaired) electrons. The number of nitrogens with one attached hydrogen (secondary N) is 1. The molecule has 106 valence electrons. The Morgan fingerprint density at radius 3 is 2.42 bits per heavy atom. The summed E-state index contributed by atoms with van der Waals surface area (Å²) >= 11 is 0. The highest BCUT2D eigenvalue weighted by atomic mass is 15.3. The zero-order valence-corrected chi connectivity index (χ0v) is 12.3. The van der Waals surface area contributed by atoms with Crippen molar-refractivity contribution < 1.29 is 0 Å². The summed E-state index contributed by atoms with van der Waals surface area (Å²) in [5.41, 5.74) is 2.12. The molecular formula is C14H25N5. The number of aryl methyl sites for hydroxylation is 2. The van der Waals surface area contributed by atoms with Crippen molar-refractivity contribution in [1.29, 1.82) is 0 Å². The van der Waals surface area contributed by atoms with Gasteiger partial charge in [0.1, 0.15) is 0 Å². The molecule has 0 aliphatic carbocycles. The number of rotatable bonds is 5. The predicted octanol–water partition coefficient (Wildman–Crippen LogP) is 1.43. The van der Waals surface area contributed by atoms with Crippen molar-refractivity contribution in [1.82, 2.24) is 20.5 Å². The molecule has 0 unspecified atom stereocenters. The number of nitrogens with zero attached hydrogens (tertiary/aromatic N) is 4. The van der Waals surface area contributed by atoms with Gasteiger partial charge in [-0.05, 0) is 44.7 Å². The maximum atomic E-state index is 4.66. The average Bonchev–Trinajstić information content (AvgIpc) is 2.47. The summed E-state index contributed by atoms with van der Waals surface area (Å²) in [5, 5.41) is 12.0. The molecule has 1 saturated heterocycles. The van der Waals surface area contributed by atoms with Gasteiger partial charge < -0.3 is 10.2 Å². The van der Waals surface area contributed by atoms with Crippen LogP contribution in [0.1, 0.15) is 38.1 Å². The first-order valence-corrected chi connectivity index (χ1v) is 7.38. The normalized spacial score (nSPS) is 16.6. The van der Waals surface area contributed by atoms with Crippen molar-refractivity contribution in [2.24, 2.45) is 5.92 Å². The molecule has 0 amide bonds. The van der Waals surface area contributed by atoms with Crippen LogP contribution in [-0.2, 0) is 12.8 Å². The van der Waals surface area contributed by atoms with E-state index in [-0.39, 0.29) is 0 Å². The second kappa shape index (κ2) is 6.80. The van der Waals surface area contributed by atoms with Crippen molar-refractivity contribution in [3.8, 4) is 0 Å². The summed E-state index contributed by atoms with van der Waals surface area (Å²) in [4.78, 5) is 6.82. The van der Waals surface area contributed by atoms with Crippen LogP contribution >= 0.6 is 0 Å². The maximum Gasteiger partial charge on any atom is 0.245 e. The molecule has 2 heterocycles. The Balaban J connectivity index is 2.03. The molecule has 1 aliphatic heterocycles. The van der Waals surface area contributed by atoms with E-state index in [1.807, 2.05) is 0 Å². The highest BCUT2D eigenvalue weighted by molar-refractivity contribution is 5.29. The summed E-state index contributed by atoms with van der Waals surface area (Å²) in [6, 6.07) is 0. The van der Waals surface area contributed by atoms with Crippen LogP contribution in [0.4, 0.5) is 5.95 Å². The lowest BCUT2D eigenvalue weighted by Gasteiger charge is -2.27. The second-order valence-corrected chi connectivity index (χ2v) is 5.29. The van der Waals surface area contributed by atoms with E-state index < -0.39 is 0 Å². The SMILES string of the molecule is CCc1nnc(N(C)CC2CCNCC2)nc1CC. The third-order valence-electron chi connectivity index (χ3n) is 3.83. The monoisotopic (exact) mass is 263 g/mol. The minimum absolute atomic E-state index is 0.741. The van der Waals surface area contributed by atoms with Gasteiger partial charge in [-0.2, -0.15) is 5.10 Å². The van der Waals surface area contributed by atoms with Crippen molar-refractivity contribution in [2.45, 2.75) is 39.5 Å². The number of piperidine rings is 1. The van der Waals surface area contributed by atoms with E-state index in [1.165, 1.54) is 12.8 Å². The van der Waals surface area contributed by atoms with Gasteiger partial charge in [-0.1, -0.05) is 13.8 Å². The van der Waals surface area contributed by atoms with E-state index in [2.05, 4.69) is 46.3 Å². The van der Waals surface area contributed by atoms with Crippen LogP contribution in [0, 0.1) is 5.92 Å². The van der Waals surface area contributed by atoms with Gasteiger partial charge in [-0.3, -0.25) is 0 Å². The zero-order chi connectivity index (χ0) is 13.7. The van der Waals surface area contributed by atoms with Gasteiger partial charge in [0.25, 0.3) is 0 Å². The van der Waals surface area contributed by atoms with Crippen LogP contribution in [0.2, 0.25) is 0 Å². The van der Waals surface area contributed by atoms with E-state index >= 15 is 0 Å². The molecule has 5 heteroatoms. The third-order valence-corrected chi connectivity index (χ3v) is 3.83. The molecule has 5 nitrogen and oxygen atoms in total. The molecule has 1 aromatic heterocycles. The smallest absolute Gasteiger partial charge is 0.245 e. The first kappa shape index (κ1) is 14.2. The Kier molecular flexibility index (Phi) is 5.07. The standard InChI is InChI=1S/C14H25N5/c1-4-12-13(5-2)17-18-14(16-12)19(3)10-11-6-8-15-9-7-11/h11,15H,4-10H2,1-3H3. The predicted molar refractivity (Wildman–Crippen MR) is 77.4 cm³/mol. The molecule has 0 bridgehead atoms. The van der Waals surface area contributed by atoms with Gasteiger partial charge in [-0.15, -0.1) is 5.10 Å². The Morgan fingerprint density at radius 1 is 1.11 bits per heavy atom. The van der Waals surface area contributed by atoms with Crippen molar-refractivity contribution in [3.63, 3.8) is 0 Å². The van der Waals surface area contributed by atoms with Gasteiger partial charge >= 0.3 is 0 Å². The average molecular weight is 263 g/mol. The molecule has 0 spiro atoms. The molecular weight excluding hydrogens is 238 g/mol. The summed E-state index contributed by atoms with van der Waals surface area (Å²) < 4.78 is 0. The van der Waals surface area contributed by atoms with E-state index in [0.29, 0.717) is 0 Å². The number of hydrogen-bond acceptors (Lipinski definition) is 5. The molecule has 1 aromatic rings. The largest absolute Gasteiger partial charge is 0.342 e. The molecule has 1 N–H and O–H groups in total. The lowest BCUT2D eigenvalue weighted by molar-refractivity contribution is 0.376. The maximum absolute atomic E-state index is 4.66. The number of anilines is 1. The van der Waals surface area contributed by atoms with Crippen LogP contribution in [0.15, 0.2) is 0 Å². The van der Waals surface area contributed by atoms with Gasteiger partial charge in [-0.25, -0.2) is 4.98 Å². The molecule has 19 heavy (non-hydrogen) atoms. The summed E-state index contributed by atoms with van der Waals surface area (Å²) in [5.74, 6) is 1.51. The fraction of sp³-hybridized carbons (Fsp3) is 0.786. The van der Waals surface area contributed by atoms with E-state index in [9.17, 15) is 0 Å². The van der Waals surface area contributed by atoms with Gasteiger partial charge in [0.2, 0.25) is 5.95 Å². The Labute approximate surface area is 115 Å². The summed E-state index contributed by atoms with van der Waals surface area (Å²) in [7, 11) is 2.07. The lowest BCUT2D eigenvalue weighted by atomic mass is 9.98. The van der Waals surface area contributed by atoms with Crippen LogP contribution in [-0.4, -0.2) is 41.9 Å². The Hall–Kier alpha value is -1.23. The highest BCUT2D eigenvalue weighted by Gasteiger charge is 2.17. The highest BCUT2D eigenvalue weighted by Crippen LogP contribution is 2.16. The molecule has 0 atom stereocenters. The van der Waals surface area contributed by atoms with Crippen LogP contribution in [0.25, 0.3) is 0 Å². The first-order valence-electron chi connectivity index (χ1n) is 7.38. The topological polar surface area (TPSA) is 53.9 Å². The lowest BCUT2D eigenvalue weighted by Crippen LogP contribution is -2.35. The molecule has 0 aromatic carbocycles. The van der Waals surface area contributed by atoms with Crippen LogP contribution < -0.4 is 10.2 Å². The number of hydrogen-bond donors (Lipinski definition) is 1. The molecule has 1 aliphatic rings. The fourth-order valence-corrected chi connectivity index (χ4v) is 2.62. The summed E-state index contributed by atoms with van der Waals surface area (Å²) in [6.45, 7) is 7.51. The zero-order valence-electron chi connectivity index (χ0n) is 12.3. The molecule has 1 fully saturated rings. The Bertz CT molecular complexity index is 401. The summed E-state index contributed by atoms with van der Waals surface area (Å²) in [6.07, 6.45) is 4.31. The van der Waals surface area contributed by atoms with Gasteiger partial charge in [0.05, 0.1) is 11.4 Å². The minimum atomic E-state index is 0.741. The first-order chi connectivity index (χ1) is 9.24. The van der Waals surface area contributed by atoms with Gasteiger partial charge in [0.15, 0.2) is 0 Å². The van der Waals surface area contributed by atoms with Gasteiger partial charge in [0, 0.05) is 13.6 Å². The van der Waals surface area contributed by atoms with E-state index in [4.69, 9.17) is 0 Å². The second-order valence-electron chi connectivity index (χ2n) is 5.29. The third kappa shape index (κ3) is 3.62. The van der Waals surface area contributed by atoms with Crippen LogP contribution in [0.5, 0.6) is 0 Å².